The van der Waals surface area contributed by atoms with Gasteiger partial charge < -0.3 is 5.73 Å². The van der Waals surface area contributed by atoms with Crippen molar-refractivity contribution >= 4 is 49.7 Å². The summed E-state index contributed by atoms with van der Waals surface area (Å²) in [6.07, 6.45) is 0. The number of hydrogen-bond acceptors (Lipinski definition) is 2. The summed E-state index contributed by atoms with van der Waals surface area (Å²) in [7, 11) is 0. The monoisotopic (exact) mass is 293 g/mol. The Kier molecular flexibility index (Phi) is 1.96. The molecule has 0 aliphatic carbocycles. The third-order valence-electron chi connectivity index (χ3n) is 1.68. The van der Waals surface area contributed by atoms with Crippen molar-refractivity contribution in [1.82, 2.24) is 0 Å². The van der Waals surface area contributed by atoms with Gasteiger partial charge in [-0.25, -0.2) is 4.39 Å². The molecule has 4 heteroatoms. The molecule has 2 rings (SSSR count). The molecule has 0 bridgehead atoms. The Morgan fingerprint density at radius 3 is 2.92 bits per heavy atom. The zero-order valence-electron chi connectivity index (χ0n) is 5.97. The van der Waals surface area contributed by atoms with Crippen molar-refractivity contribution in [3.8, 4) is 0 Å². The van der Waals surface area contributed by atoms with Crippen LogP contribution in [0.15, 0.2) is 17.5 Å². The second-order valence-electron chi connectivity index (χ2n) is 2.42. The Bertz CT molecular complexity index is 438. The van der Waals surface area contributed by atoms with Crippen LogP contribution in [0.1, 0.15) is 0 Å². The predicted octanol–water partition coefficient (Wildman–Crippen LogP) is 3.23. The Labute approximate surface area is 86.5 Å². The summed E-state index contributed by atoms with van der Waals surface area (Å²) in [4.78, 5) is 0. The highest BCUT2D eigenvalue weighted by atomic mass is 127. The van der Waals surface area contributed by atoms with Gasteiger partial charge in [-0.15, -0.1) is 11.3 Å². The van der Waals surface area contributed by atoms with Gasteiger partial charge >= 0.3 is 0 Å². The smallest absolute Gasteiger partial charge is 0.147 e. The lowest BCUT2D eigenvalue weighted by Crippen LogP contribution is -1.89. The van der Waals surface area contributed by atoms with E-state index in [-0.39, 0.29) is 11.5 Å². The molecule has 0 radical (unpaired) electrons. The molecule has 0 unspecified atom stereocenters. The minimum absolute atomic E-state index is 0.264. The predicted molar refractivity (Wildman–Crippen MR) is 58.9 cm³/mol. The average molecular weight is 293 g/mol. The van der Waals surface area contributed by atoms with E-state index in [4.69, 9.17) is 5.73 Å². The topological polar surface area (TPSA) is 26.0 Å². The minimum atomic E-state index is -0.333. The van der Waals surface area contributed by atoms with Crippen molar-refractivity contribution < 1.29 is 4.39 Å². The molecule has 0 aliphatic heterocycles. The lowest BCUT2D eigenvalue weighted by Gasteiger charge is -1.96. The summed E-state index contributed by atoms with van der Waals surface area (Å²) in [6.45, 7) is 0. The number of hydrogen-bond donors (Lipinski definition) is 1. The molecule has 0 saturated carbocycles. The molecule has 62 valence electrons. The van der Waals surface area contributed by atoms with Crippen LogP contribution in [-0.2, 0) is 0 Å². The van der Waals surface area contributed by atoms with Crippen LogP contribution in [0.3, 0.4) is 0 Å². The molecule has 0 saturated heterocycles. The van der Waals surface area contributed by atoms with Gasteiger partial charge in [0, 0.05) is 14.3 Å². The standard InChI is InChI=1S/C8H5FINS/c9-5-2-1-4-6(10)3-12-8(4)7(5)11/h1-3H,11H2. The molecular formula is C8H5FINS. The van der Waals surface area contributed by atoms with Gasteiger partial charge in [-0.05, 0) is 34.7 Å². The van der Waals surface area contributed by atoms with Crippen molar-refractivity contribution in [3.05, 3.63) is 26.9 Å². The van der Waals surface area contributed by atoms with Gasteiger partial charge in [-0.2, -0.15) is 0 Å². The molecular weight excluding hydrogens is 288 g/mol. The van der Waals surface area contributed by atoms with Crippen LogP contribution < -0.4 is 5.73 Å². The molecule has 0 atom stereocenters. The van der Waals surface area contributed by atoms with Gasteiger partial charge in [0.15, 0.2) is 0 Å². The van der Waals surface area contributed by atoms with Crippen molar-refractivity contribution in [1.29, 1.82) is 0 Å². The van der Waals surface area contributed by atoms with Gasteiger partial charge in [-0.3, -0.25) is 0 Å². The molecule has 1 heterocycles. The second kappa shape index (κ2) is 2.85. The first-order valence-electron chi connectivity index (χ1n) is 3.31. The van der Waals surface area contributed by atoms with Crippen LogP contribution in [0.5, 0.6) is 0 Å². The third kappa shape index (κ3) is 1.09. The second-order valence-corrected chi connectivity index (χ2v) is 4.46. The van der Waals surface area contributed by atoms with Crippen molar-refractivity contribution in [2.75, 3.05) is 5.73 Å². The molecule has 2 N–H and O–H groups in total. The summed E-state index contributed by atoms with van der Waals surface area (Å²) in [5.41, 5.74) is 5.83. The normalized spacial score (nSPS) is 10.8. The van der Waals surface area contributed by atoms with Gasteiger partial charge in [0.2, 0.25) is 0 Å². The first-order valence-corrected chi connectivity index (χ1v) is 5.26. The van der Waals surface area contributed by atoms with Crippen molar-refractivity contribution in [3.63, 3.8) is 0 Å². The molecule has 0 amide bonds. The summed E-state index contributed by atoms with van der Waals surface area (Å²) in [6, 6.07) is 3.17. The fourth-order valence-corrected chi connectivity index (χ4v) is 2.96. The van der Waals surface area contributed by atoms with Crippen molar-refractivity contribution in [2.24, 2.45) is 0 Å². The molecule has 1 nitrogen and oxygen atoms in total. The van der Waals surface area contributed by atoms with Crippen molar-refractivity contribution in [2.45, 2.75) is 0 Å². The Hall–Kier alpha value is -0.360. The van der Waals surface area contributed by atoms with Gasteiger partial charge in [0.05, 0.1) is 10.4 Å². The largest absolute Gasteiger partial charge is 0.395 e. The van der Waals surface area contributed by atoms with Gasteiger partial charge in [0.1, 0.15) is 5.82 Å². The van der Waals surface area contributed by atoms with Crippen LogP contribution in [0.4, 0.5) is 10.1 Å². The quantitative estimate of drug-likeness (QED) is 0.586. The number of thiophene rings is 1. The summed E-state index contributed by atoms with van der Waals surface area (Å²) < 4.78 is 14.9. The molecule has 2 aromatic rings. The van der Waals surface area contributed by atoms with E-state index in [0.717, 1.165) is 13.7 Å². The highest BCUT2D eigenvalue weighted by molar-refractivity contribution is 14.1. The number of nitrogen functional groups attached to an aromatic ring is 1. The molecule has 0 spiro atoms. The zero-order chi connectivity index (χ0) is 8.72. The number of rotatable bonds is 0. The lowest BCUT2D eigenvalue weighted by atomic mass is 10.2. The highest BCUT2D eigenvalue weighted by Gasteiger charge is 2.07. The van der Waals surface area contributed by atoms with E-state index in [1.165, 1.54) is 17.4 Å². The molecule has 0 fully saturated rings. The van der Waals surface area contributed by atoms with Crippen LogP contribution in [0, 0.1) is 9.39 Å². The Morgan fingerprint density at radius 1 is 1.42 bits per heavy atom. The SMILES string of the molecule is Nc1c(F)ccc2c(I)csc12. The van der Waals surface area contributed by atoms with E-state index >= 15 is 0 Å². The van der Waals surface area contributed by atoms with Crippen LogP contribution >= 0.6 is 33.9 Å². The summed E-state index contributed by atoms with van der Waals surface area (Å²) >= 11 is 3.70. The first-order chi connectivity index (χ1) is 5.70. The maximum absolute atomic E-state index is 12.9. The first kappa shape index (κ1) is 8.25. The number of fused-ring (bicyclic) bond motifs is 1. The van der Waals surface area contributed by atoms with Gasteiger partial charge in [-0.1, -0.05) is 0 Å². The van der Waals surface area contributed by atoms with E-state index in [1.54, 1.807) is 6.07 Å². The molecule has 12 heavy (non-hydrogen) atoms. The van der Waals surface area contributed by atoms with E-state index in [0.29, 0.717) is 0 Å². The number of anilines is 1. The van der Waals surface area contributed by atoms with Crippen LogP contribution in [0.2, 0.25) is 0 Å². The summed E-state index contributed by atoms with van der Waals surface area (Å²) in [5.74, 6) is -0.333. The van der Waals surface area contributed by atoms with Crippen LogP contribution in [0.25, 0.3) is 10.1 Å². The van der Waals surface area contributed by atoms with Crippen LogP contribution in [-0.4, -0.2) is 0 Å². The average Bonchev–Trinajstić information content (AvgIpc) is 2.41. The highest BCUT2D eigenvalue weighted by Crippen LogP contribution is 2.32. The fraction of sp³-hybridized carbons (Fsp3) is 0. The zero-order valence-corrected chi connectivity index (χ0v) is 8.95. The van der Waals surface area contributed by atoms with E-state index in [2.05, 4.69) is 22.6 Å². The van der Waals surface area contributed by atoms with E-state index in [1.807, 2.05) is 5.38 Å². The maximum Gasteiger partial charge on any atom is 0.147 e. The summed E-state index contributed by atoms with van der Waals surface area (Å²) in [5, 5.41) is 3.01. The Morgan fingerprint density at radius 2 is 2.17 bits per heavy atom. The number of nitrogens with two attached hydrogens (primary N) is 1. The number of benzene rings is 1. The Balaban J connectivity index is 2.93. The molecule has 0 aliphatic rings. The lowest BCUT2D eigenvalue weighted by molar-refractivity contribution is 0.634. The number of halogens is 2. The molecule has 1 aromatic carbocycles. The van der Waals surface area contributed by atoms with Gasteiger partial charge in [0.25, 0.3) is 0 Å². The molecule has 1 aromatic heterocycles. The minimum Gasteiger partial charge on any atom is -0.395 e. The fourth-order valence-electron chi connectivity index (χ4n) is 1.06. The third-order valence-corrected chi connectivity index (χ3v) is 4.02. The maximum atomic E-state index is 12.9. The van der Waals surface area contributed by atoms with E-state index < -0.39 is 0 Å². The van der Waals surface area contributed by atoms with E-state index in [9.17, 15) is 4.39 Å².